The molecular formula is C16H22O5. The van der Waals surface area contributed by atoms with Crippen LogP contribution in [-0.4, -0.2) is 45.6 Å². The normalized spacial score (nSPS) is 24.8. The molecule has 0 N–H and O–H groups in total. The Morgan fingerprint density at radius 2 is 2.05 bits per heavy atom. The summed E-state index contributed by atoms with van der Waals surface area (Å²) in [5, 5.41) is 0. The van der Waals surface area contributed by atoms with Gasteiger partial charge in [0.2, 0.25) is 0 Å². The third-order valence-electron chi connectivity index (χ3n) is 3.62. The molecule has 3 atom stereocenters. The Balaban J connectivity index is 1.88. The largest absolute Gasteiger partial charge is 0.491 e. The summed E-state index contributed by atoms with van der Waals surface area (Å²) in [5.41, 5.74) is 0. The molecule has 1 aliphatic rings. The average molecular weight is 294 g/mol. The van der Waals surface area contributed by atoms with Gasteiger partial charge in [0.05, 0.1) is 25.2 Å². The molecule has 5 heteroatoms. The fourth-order valence-electron chi connectivity index (χ4n) is 2.55. The van der Waals surface area contributed by atoms with Gasteiger partial charge in [-0.15, -0.1) is 0 Å². The van der Waals surface area contributed by atoms with Gasteiger partial charge in [-0.25, -0.2) is 0 Å². The average Bonchev–Trinajstić information content (AvgIpc) is 2.94. The fourth-order valence-corrected chi connectivity index (χ4v) is 2.55. The number of benzene rings is 1. The van der Waals surface area contributed by atoms with Crippen LogP contribution in [0.4, 0.5) is 0 Å². The Hall–Kier alpha value is -1.59. The molecule has 0 bridgehead atoms. The minimum Gasteiger partial charge on any atom is -0.491 e. The van der Waals surface area contributed by atoms with E-state index in [1.807, 2.05) is 30.3 Å². The van der Waals surface area contributed by atoms with Gasteiger partial charge >= 0.3 is 5.97 Å². The number of ether oxygens (including phenoxy) is 4. The first-order valence-corrected chi connectivity index (χ1v) is 7.14. The predicted octanol–water partition coefficient (Wildman–Crippen LogP) is 2.05. The van der Waals surface area contributed by atoms with E-state index in [0.29, 0.717) is 26.1 Å². The fraction of sp³-hybridized carbons (Fsp3) is 0.562. The van der Waals surface area contributed by atoms with Gasteiger partial charge in [-0.1, -0.05) is 18.2 Å². The third-order valence-corrected chi connectivity index (χ3v) is 3.62. The second-order valence-electron chi connectivity index (χ2n) is 5.07. The lowest BCUT2D eigenvalue weighted by Gasteiger charge is -2.16. The maximum atomic E-state index is 11.8. The van der Waals surface area contributed by atoms with E-state index >= 15 is 0 Å². The molecule has 0 radical (unpaired) electrons. The van der Waals surface area contributed by atoms with Crippen LogP contribution < -0.4 is 4.74 Å². The SMILES string of the molecule is COCC[C@H]1O[C@@H](COc2ccccc2)C[C@@H]1C(=O)OC. The lowest BCUT2D eigenvalue weighted by atomic mass is 9.97. The Labute approximate surface area is 125 Å². The first-order valence-electron chi connectivity index (χ1n) is 7.14. The summed E-state index contributed by atoms with van der Waals surface area (Å²) in [6.07, 6.45) is 1.03. The summed E-state index contributed by atoms with van der Waals surface area (Å²) in [6.45, 7) is 0.991. The van der Waals surface area contributed by atoms with E-state index in [9.17, 15) is 4.79 Å². The zero-order valence-electron chi connectivity index (χ0n) is 12.5. The number of carbonyl (C=O) groups excluding carboxylic acids is 1. The molecule has 1 heterocycles. The van der Waals surface area contributed by atoms with Crippen molar-refractivity contribution in [2.24, 2.45) is 5.92 Å². The van der Waals surface area contributed by atoms with Crippen molar-refractivity contribution < 1.29 is 23.7 Å². The molecule has 0 amide bonds. The van der Waals surface area contributed by atoms with Gasteiger partial charge in [0.25, 0.3) is 0 Å². The molecule has 1 aromatic rings. The number of methoxy groups -OCH3 is 2. The van der Waals surface area contributed by atoms with Crippen molar-refractivity contribution in [1.29, 1.82) is 0 Å². The minimum atomic E-state index is -0.241. The number of carbonyl (C=O) groups is 1. The Morgan fingerprint density at radius 3 is 2.71 bits per heavy atom. The summed E-state index contributed by atoms with van der Waals surface area (Å²) in [5.74, 6) is 0.337. The lowest BCUT2D eigenvalue weighted by Crippen LogP contribution is -2.26. The first kappa shape index (κ1) is 15.8. The van der Waals surface area contributed by atoms with Gasteiger partial charge in [0.1, 0.15) is 12.4 Å². The molecule has 0 spiro atoms. The van der Waals surface area contributed by atoms with Crippen molar-refractivity contribution in [2.45, 2.75) is 25.0 Å². The number of esters is 1. The predicted molar refractivity (Wildman–Crippen MR) is 77.2 cm³/mol. The highest BCUT2D eigenvalue weighted by atomic mass is 16.6. The second-order valence-corrected chi connectivity index (χ2v) is 5.07. The number of rotatable bonds is 7. The van der Waals surface area contributed by atoms with Crippen LogP contribution in [0.1, 0.15) is 12.8 Å². The topological polar surface area (TPSA) is 54.0 Å². The van der Waals surface area contributed by atoms with Gasteiger partial charge < -0.3 is 18.9 Å². The molecule has 1 saturated heterocycles. The molecule has 0 aromatic heterocycles. The van der Waals surface area contributed by atoms with Crippen molar-refractivity contribution >= 4 is 5.97 Å². The molecule has 1 fully saturated rings. The van der Waals surface area contributed by atoms with Crippen LogP contribution in [0.25, 0.3) is 0 Å². The molecular weight excluding hydrogens is 272 g/mol. The van der Waals surface area contributed by atoms with E-state index < -0.39 is 0 Å². The van der Waals surface area contributed by atoms with Crippen molar-refractivity contribution in [1.82, 2.24) is 0 Å². The monoisotopic (exact) mass is 294 g/mol. The van der Waals surface area contributed by atoms with Crippen molar-refractivity contribution in [2.75, 3.05) is 27.4 Å². The van der Waals surface area contributed by atoms with Crippen LogP contribution in [0.2, 0.25) is 0 Å². The minimum absolute atomic E-state index is 0.101. The highest BCUT2D eigenvalue weighted by Crippen LogP contribution is 2.30. The number of hydrogen-bond acceptors (Lipinski definition) is 5. The maximum absolute atomic E-state index is 11.8. The molecule has 0 saturated carbocycles. The van der Waals surface area contributed by atoms with Crippen LogP contribution in [0.3, 0.4) is 0 Å². The first-order chi connectivity index (χ1) is 10.2. The summed E-state index contributed by atoms with van der Waals surface area (Å²) in [4.78, 5) is 11.8. The molecule has 116 valence electrons. The van der Waals surface area contributed by atoms with Crippen LogP contribution >= 0.6 is 0 Å². The van der Waals surface area contributed by atoms with E-state index in [1.54, 1.807) is 7.11 Å². The smallest absolute Gasteiger partial charge is 0.311 e. The number of hydrogen-bond donors (Lipinski definition) is 0. The second kappa shape index (κ2) is 8.00. The summed E-state index contributed by atoms with van der Waals surface area (Å²) in [6, 6.07) is 9.57. The molecule has 0 aliphatic carbocycles. The van der Waals surface area contributed by atoms with Gasteiger partial charge in [0, 0.05) is 13.7 Å². The maximum Gasteiger partial charge on any atom is 0.311 e. The number of para-hydroxylation sites is 1. The molecule has 1 aromatic carbocycles. The van der Waals surface area contributed by atoms with Crippen molar-refractivity contribution in [3.63, 3.8) is 0 Å². The van der Waals surface area contributed by atoms with Crippen LogP contribution in [0, 0.1) is 5.92 Å². The van der Waals surface area contributed by atoms with Gasteiger partial charge in [0.15, 0.2) is 0 Å². The lowest BCUT2D eigenvalue weighted by molar-refractivity contribution is -0.147. The van der Waals surface area contributed by atoms with Crippen LogP contribution in [-0.2, 0) is 19.0 Å². The highest BCUT2D eigenvalue weighted by molar-refractivity contribution is 5.73. The molecule has 5 nitrogen and oxygen atoms in total. The molecule has 2 rings (SSSR count). The summed E-state index contributed by atoms with van der Waals surface area (Å²) < 4.78 is 21.5. The highest BCUT2D eigenvalue weighted by Gasteiger charge is 2.40. The van der Waals surface area contributed by atoms with Gasteiger partial charge in [-0.3, -0.25) is 4.79 Å². The van der Waals surface area contributed by atoms with Crippen LogP contribution in [0.15, 0.2) is 30.3 Å². The van der Waals surface area contributed by atoms with Gasteiger partial charge in [-0.2, -0.15) is 0 Å². The molecule has 21 heavy (non-hydrogen) atoms. The van der Waals surface area contributed by atoms with E-state index in [-0.39, 0.29) is 24.1 Å². The zero-order chi connectivity index (χ0) is 15.1. The summed E-state index contributed by atoms with van der Waals surface area (Å²) >= 11 is 0. The van der Waals surface area contributed by atoms with E-state index in [2.05, 4.69) is 0 Å². The van der Waals surface area contributed by atoms with E-state index in [1.165, 1.54) is 7.11 Å². The molecule has 0 unspecified atom stereocenters. The third kappa shape index (κ3) is 4.44. The van der Waals surface area contributed by atoms with Crippen molar-refractivity contribution in [3.8, 4) is 5.75 Å². The standard InChI is InChI=1S/C16H22O5/c1-18-9-8-15-14(16(17)19-2)10-13(21-15)11-20-12-6-4-3-5-7-12/h3-7,13-15H,8-11H2,1-2H3/t13-,14+,15-/m1/s1. The Kier molecular flexibility index (Phi) is 6.02. The molecule has 1 aliphatic heterocycles. The van der Waals surface area contributed by atoms with Gasteiger partial charge in [-0.05, 0) is 25.0 Å². The van der Waals surface area contributed by atoms with E-state index in [4.69, 9.17) is 18.9 Å². The Bertz CT molecular complexity index is 434. The zero-order valence-corrected chi connectivity index (χ0v) is 12.5. The van der Waals surface area contributed by atoms with Crippen LogP contribution in [0.5, 0.6) is 5.75 Å². The quantitative estimate of drug-likeness (QED) is 0.720. The van der Waals surface area contributed by atoms with Crippen molar-refractivity contribution in [3.05, 3.63) is 30.3 Å². The Morgan fingerprint density at radius 1 is 1.29 bits per heavy atom. The summed E-state index contributed by atoms with van der Waals surface area (Å²) in [7, 11) is 3.04. The van der Waals surface area contributed by atoms with E-state index in [0.717, 1.165) is 5.75 Å².